The molecule has 0 aliphatic rings. The maximum absolute atomic E-state index is 12.6. The first-order valence-electron chi connectivity index (χ1n) is 9.24. The highest BCUT2D eigenvalue weighted by Gasteiger charge is 2.17. The van der Waals surface area contributed by atoms with E-state index in [1.54, 1.807) is 24.3 Å². The van der Waals surface area contributed by atoms with Crippen LogP contribution >= 0.6 is 0 Å². The predicted octanol–water partition coefficient (Wildman–Crippen LogP) is 5.21. The van der Waals surface area contributed by atoms with Crippen molar-refractivity contribution in [1.82, 2.24) is 9.97 Å². The van der Waals surface area contributed by atoms with E-state index < -0.39 is 12.6 Å². The molecule has 0 aliphatic heterocycles. The lowest BCUT2D eigenvalue weighted by atomic mass is 10.0. The van der Waals surface area contributed by atoms with Gasteiger partial charge in [-0.25, -0.2) is 9.78 Å². The number of aromatic nitrogens is 2. The molecule has 0 saturated heterocycles. The van der Waals surface area contributed by atoms with Crippen molar-refractivity contribution in [3.8, 4) is 17.0 Å². The van der Waals surface area contributed by atoms with Gasteiger partial charge < -0.3 is 14.5 Å². The van der Waals surface area contributed by atoms with Gasteiger partial charge in [0.15, 0.2) is 0 Å². The summed E-state index contributed by atoms with van der Waals surface area (Å²) in [5.74, 6) is -0.427. The summed E-state index contributed by atoms with van der Waals surface area (Å²) < 4.78 is 34.5. The van der Waals surface area contributed by atoms with Gasteiger partial charge in [0.1, 0.15) is 11.4 Å². The highest BCUT2D eigenvalue weighted by atomic mass is 19.3. The van der Waals surface area contributed by atoms with Crippen LogP contribution in [-0.2, 0) is 11.2 Å². The number of H-pyrrole nitrogens is 1. The summed E-state index contributed by atoms with van der Waals surface area (Å²) in [5, 5.41) is 0.862. The fourth-order valence-electron chi connectivity index (χ4n) is 3.42. The van der Waals surface area contributed by atoms with Crippen LogP contribution in [0.15, 0.2) is 66.7 Å². The van der Waals surface area contributed by atoms with E-state index in [0.717, 1.165) is 22.2 Å². The van der Waals surface area contributed by atoms with E-state index in [2.05, 4.69) is 14.7 Å². The monoisotopic (exact) mass is 408 g/mol. The molecular formula is C23H18F2N2O3. The molecule has 0 radical (unpaired) electrons. The van der Waals surface area contributed by atoms with Gasteiger partial charge in [0, 0.05) is 29.1 Å². The van der Waals surface area contributed by atoms with Gasteiger partial charge in [-0.1, -0.05) is 36.4 Å². The molecule has 7 heteroatoms. The molecule has 30 heavy (non-hydrogen) atoms. The number of fused-ring (bicyclic) bond motifs is 1. The third-order valence-corrected chi connectivity index (χ3v) is 4.72. The van der Waals surface area contributed by atoms with E-state index in [4.69, 9.17) is 4.74 Å². The number of aromatic amines is 1. The molecular weight excluding hydrogens is 390 g/mol. The van der Waals surface area contributed by atoms with Gasteiger partial charge >= 0.3 is 12.6 Å². The number of carbonyl (C=O) groups excluding carboxylic acids is 1. The largest absolute Gasteiger partial charge is 0.464 e. The molecule has 0 saturated carbocycles. The lowest BCUT2D eigenvalue weighted by Gasteiger charge is -2.07. The lowest BCUT2D eigenvalue weighted by molar-refractivity contribution is -0.0497. The van der Waals surface area contributed by atoms with Crippen molar-refractivity contribution in [2.45, 2.75) is 13.0 Å². The first-order valence-corrected chi connectivity index (χ1v) is 9.24. The molecule has 2 heterocycles. The Labute approximate surface area is 171 Å². The van der Waals surface area contributed by atoms with E-state index in [1.165, 1.54) is 13.2 Å². The molecule has 4 aromatic rings. The standard InChI is InChI=1S/C23H18F2N2O3/c1-29-22(28)19-9-5-8-15(26-19)12-18-17-11-10-16(30-23(24)25)13-20(17)27-21(18)14-6-3-2-4-7-14/h2-11,13,23,27H,12H2,1H3. The second-order valence-electron chi connectivity index (χ2n) is 6.61. The number of benzene rings is 2. The molecule has 0 unspecified atom stereocenters. The lowest BCUT2D eigenvalue weighted by Crippen LogP contribution is -2.06. The van der Waals surface area contributed by atoms with Gasteiger partial charge in [-0.3, -0.25) is 0 Å². The van der Waals surface area contributed by atoms with Crippen LogP contribution in [-0.4, -0.2) is 29.7 Å². The maximum atomic E-state index is 12.6. The van der Waals surface area contributed by atoms with E-state index in [9.17, 15) is 13.6 Å². The fourth-order valence-corrected chi connectivity index (χ4v) is 3.42. The molecule has 152 valence electrons. The molecule has 0 aliphatic carbocycles. The summed E-state index contributed by atoms with van der Waals surface area (Å²) in [6.07, 6.45) is 0.435. The Balaban J connectivity index is 1.81. The minimum atomic E-state index is -2.89. The molecule has 1 N–H and O–H groups in total. The number of methoxy groups -OCH3 is 1. The van der Waals surface area contributed by atoms with Crippen LogP contribution in [0.3, 0.4) is 0 Å². The van der Waals surface area contributed by atoms with Crippen molar-refractivity contribution in [2.75, 3.05) is 7.11 Å². The molecule has 2 aromatic carbocycles. The van der Waals surface area contributed by atoms with Crippen LogP contribution in [0.1, 0.15) is 21.7 Å². The topological polar surface area (TPSA) is 64.2 Å². The van der Waals surface area contributed by atoms with Crippen LogP contribution in [0.25, 0.3) is 22.2 Å². The third-order valence-electron chi connectivity index (χ3n) is 4.72. The summed E-state index contributed by atoms with van der Waals surface area (Å²) in [7, 11) is 1.31. The van der Waals surface area contributed by atoms with Crippen molar-refractivity contribution >= 4 is 16.9 Å². The molecule has 0 amide bonds. The summed E-state index contributed by atoms with van der Waals surface area (Å²) in [6, 6.07) is 19.7. The van der Waals surface area contributed by atoms with Crippen molar-refractivity contribution in [2.24, 2.45) is 0 Å². The molecule has 0 fully saturated rings. The minimum Gasteiger partial charge on any atom is -0.464 e. The Bertz CT molecular complexity index is 1190. The zero-order chi connectivity index (χ0) is 21.1. The number of rotatable bonds is 6. The van der Waals surface area contributed by atoms with Crippen LogP contribution in [0.4, 0.5) is 8.78 Å². The molecule has 0 atom stereocenters. The second kappa shape index (κ2) is 8.32. The number of halogens is 2. The number of carbonyl (C=O) groups is 1. The quantitative estimate of drug-likeness (QED) is 0.445. The van der Waals surface area contributed by atoms with Crippen molar-refractivity contribution in [3.63, 3.8) is 0 Å². The number of hydrogen-bond acceptors (Lipinski definition) is 4. The van der Waals surface area contributed by atoms with Crippen molar-refractivity contribution in [3.05, 3.63) is 83.7 Å². The van der Waals surface area contributed by atoms with E-state index in [0.29, 0.717) is 17.6 Å². The van der Waals surface area contributed by atoms with Crippen LogP contribution in [0.5, 0.6) is 5.75 Å². The number of ether oxygens (including phenoxy) is 2. The van der Waals surface area contributed by atoms with Gasteiger partial charge in [-0.2, -0.15) is 8.78 Å². The average molecular weight is 408 g/mol. The number of pyridine rings is 1. The van der Waals surface area contributed by atoms with Crippen molar-refractivity contribution in [1.29, 1.82) is 0 Å². The van der Waals surface area contributed by atoms with E-state index in [-0.39, 0.29) is 11.4 Å². The molecule has 2 aromatic heterocycles. The van der Waals surface area contributed by atoms with Crippen LogP contribution < -0.4 is 4.74 Å². The first kappa shape index (κ1) is 19.6. The Morgan fingerprint density at radius 3 is 2.60 bits per heavy atom. The zero-order valence-corrected chi connectivity index (χ0v) is 16.1. The first-order chi connectivity index (χ1) is 14.5. The highest BCUT2D eigenvalue weighted by Crippen LogP contribution is 2.34. The Hall–Kier alpha value is -3.74. The number of alkyl halides is 2. The Morgan fingerprint density at radius 1 is 1.07 bits per heavy atom. The molecule has 4 rings (SSSR count). The number of hydrogen-bond donors (Lipinski definition) is 1. The SMILES string of the molecule is COC(=O)c1cccc(Cc2c(-c3ccccc3)[nH]c3cc(OC(F)F)ccc23)n1. The van der Waals surface area contributed by atoms with Gasteiger partial charge in [-0.05, 0) is 35.4 Å². The summed E-state index contributed by atoms with van der Waals surface area (Å²) >= 11 is 0. The third kappa shape index (κ3) is 4.00. The normalized spacial score (nSPS) is 11.1. The van der Waals surface area contributed by atoms with Gasteiger partial charge in [-0.15, -0.1) is 0 Å². The summed E-state index contributed by atoms with van der Waals surface area (Å²) in [4.78, 5) is 19.6. The highest BCUT2D eigenvalue weighted by molar-refractivity contribution is 5.92. The summed E-state index contributed by atoms with van der Waals surface area (Å²) in [6.45, 7) is -2.89. The summed E-state index contributed by atoms with van der Waals surface area (Å²) in [5.41, 5.74) is 4.32. The average Bonchev–Trinajstić information content (AvgIpc) is 3.11. The molecule has 5 nitrogen and oxygen atoms in total. The Kier molecular flexibility index (Phi) is 5.43. The number of esters is 1. The van der Waals surface area contributed by atoms with Gasteiger partial charge in [0.2, 0.25) is 0 Å². The maximum Gasteiger partial charge on any atom is 0.387 e. The van der Waals surface area contributed by atoms with Gasteiger partial charge in [0.05, 0.1) is 12.8 Å². The smallest absolute Gasteiger partial charge is 0.387 e. The van der Waals surface area contributed by atoms with E-state index >= 15 is 0 Å². The van der Waals surface area contributed by atoms with E-state index in [1.807, 2.05) is 36.4 Å². The fraction of sp³-hybridized carbons (Fsp3) is 0.130. The predicted molar refractivity (Wildman–Crippen MR) is 109 cm³/mol. The zero-order valence-electron chi connectivity index (χ0n) is 16.1. The number of nitrogens with zero attached hydrogens (tertiary/aromatic N) is 1. The second-order valence-corrected chi connectivity index (χ2v) is 6.61. The minimum absolute atomic E-state index is 0.0794. The molecule has 0 spiro atoms. The van der Waals surface area contributed by atoms with Crippen molar-refractivity contribution < 1.29 is 23.0 Å². The number of nitrogens with one attached hydrogen (secondary N) is 1. The Morgan fingerprint density at radius 2 is 1.87 bits per heavy atom. The van der Waals surface area contributed by atoms with Crippen LogP contribution in [0.2, 0.25) is 0 Å². The van der Waals surface area contributed by atoms with Gasteiger partial charge in [0.25, 0.3) is 0 Å². The molecule has 0 bridgehead atoms. The van der Waals surface area contributed by atoms with Crippen LogP contribution in [0, 0.1) is 0 Å².